The summed E-state index contributed by atoms with van der Waals surface area (Å²) in [5.41, 5.74) is 1.58. The molecule has 1 aliphatic rings. The van der Waals surface area contributed by atoms with Gasteiger partial charge in [0, 0.05) is 24.7 Å². The van der Waals surface area contributed by atoms with Gasteiger partial charge in [-0.25, -0.2) is 4.79 Å². The molecule has 1 amide bonds. The number of carbonyl (C=O) groups is 1. The van der Waals surface area contributed by atoms with E-state index >= 15 is 0 Å². The standard InChI is InChI=1S/C23H28N2O2/c1-22(2,3)27-21(26)25-17-14-23(15-18-25,20-11-7-8-16-24-20)13-12-19-9-5-4-6-10-19/h4-13,16H,14-15,17-18H2,1-3H3/b13-12+. The van der Waals surface area contributed by atoms with Gasteiger partial charge in [-0.2, -0.15) is 0 Å². The quantitative estimate of drug-likeness (QED) is 0.764. The summed E-state index contributed by atoms with van der Waals surface area (Å²) in [5, 5.41) is 0. The molecular formula is C23H28N2O2. The number of likely N-dealkylation sites (tertiary alicyclic amines) is 1. The van der Waals surface area contributed by atoms with Crippen LogP contribution in [0.1, 0.15) is 44.9 Å². The molecule has 1 fully saturated rings. The minimum absolute atomic E-state index is 0.171. The molecular weight excluding hydrogens is 336 g/mol. The van der Waals surface area contributed by atoms with Gasteiger partial charge in [0.1, 0.15) is 5.60 Å². The van der Waals surface area contributed by atoms with Gasteiger partial charge in [-0.1, -0.05) is 48.6 Å². The molecule has 0 saturated carbocycles. The number of pyridine rings is 1. The van der Waals surface area contributed by atoms with Crippen molar-refractivity contribution in [2.24, 2.45) is 0 Å². The van der Waals surface area contributed by atoms with Crippen molar-refractivity contribution in [3.05, 3.63) is 72.1 Å². The van der Waals surface area contributed by atoms with Gasteiger partial charge in [0.2, 0.25) is 0 Å². The van der Waals surface area contributed by atoms with Gasteiger partial charge in [-0.05, 0) is 51.3 Å². The Kier molecular flexibility index (Phi) is 5.64. The lowest BCUT2D eigenvalue weighted by Gasteiger charge is -2.40. The van der Waals surface area contributed by atoms with Crippen molar-refractivity contribution < 1.29 is 9.53 Å². The fourth-order valence-electron chi connectivity index (χ4n) is 3.40. The molecule has 0 aliphatic carbocycles. The molecule has 1 aliphatic heterocycles. The van der Waals surface area contributed by atoms with Crippen molar-refractivity contribution in [2.45, 2.75) is 44.6 Å². The average Bonchev–Trinajstić information content (AvgIpc) is 2.67. The van der Waals surface area contributed by atoms with Gasteiger partial charge in [-0.3, -0.25) is 4.98 Å². The third-order valence-electron chi connectivity index (χ3n) is 4.88. The highest BCUT2D eigenvalue weighted by Gasteiger charge is 2.37. The molecule has 0 spiro atoms. The molecule has 4 nitrogen and oxygen atoms in total. The molecule has 0 bridgehead atoms. The number of hydrogen-bond donors (Lipinski definition) is 0. The maximum Gasteiger partial charge on any atom is 0.410 e. The van der Waals surface area contributed by atoms with Gasteiger partial charge in [0.25, 0.3) is 0 Å². The summed E-state index contributed by atoms with van der Waals surface area (Å²) in [6, 6.07) is 16.3. The Hall–Kier alpha value is -2.62. The van der Waals surface area contributed by atoms with E-state index < -0.39 is 5.60 Å². The maximum atomic E-state index is 12.4. The van der Waals surface area contributed by atoms with E-state index in [9.17, 15) is 4.79 Å². The van der Waals surface area contributed by atoms with E-state index in [0.717, 1.165) is 18.5 Å². The van der Waals surface area contributed by atoms with Crippen LogP contribution < -0.4 is 0 Å². The molecule has 0 radical (unpaired) electrons. The van der Waals surface area contributed by atoms with Crippen molar-refractivity contribution in [3.8, 4) is 0 Å². The number of aromatic nitrogens is 1. The minimum atomic E-state index is -0.472. The molecule has 3 rings (SSSR count). The Bertz CT molecular complexity index is 771. The predicted octanol–water partition coefficient (Wildman–Crippen LogP) is 5.06. The molecule has 2 aromatic rings. The van der Waals surface area contributed by atoms with Gasteiger partial charge < -0.3 is 9.64 Å². The largest absolute Gasteiger partial charge is 0.444 e. The summed E-state index contributed by atoms with van der Waals surface area (Å²) in [4.78, 5) is 18.8. The summed E-state index contributed by atoms with van der Waals surface area (Å²) >= 11 is 0. The molecule has 27 heavy (non-hydrogen) atoms. The van der Waals surface area contributed by atoms with Crippen molar-refractivity contribution in [3.63, 3.8) is 0 Å². The fraction of sp³-hybridized carbons (Fsp3) is 0.391. The highest BCUT2D eigenvalue weighted by molar-refractivity contribution is 5.68. The Morgan fingerprint density at radius 3 is 2.33 bits per heavy atom. The van der Waals surface area contributed by atoms with Gasteiger partial charge in [0.05, 0.1) is 5.69 Å². The van der Waals surface area contributed by atoms with E-state index in [2.05, 4.69) is 35.3 Å². The van der Waals surface area contributed by atoms with Crippen LogP contribution in [-0.4, -0.2) is 34.7 Å². The molecule has 2 heterocycles. The smallest absolute Gasteiger partial charge is 0.410 e. The molecule has 4 heteroatoms. The van der Waals surface area contributed by atoms with E-state index in [1.54, 1.807) is 0 Å². The van der Waals surface area contributed by atoms with Crippen LogP contribution in [-0.2, 0) is 10.2 Å². The fourth-order valence-corrected chi connectivity index (χ4v) is 3.40. The molecule has 0 atom stereocenters. The first kappa shape index (κ1) is 19.2. The first-order valence-electron chi connectivity index (χ1n) is 9.52. The molecule has 0 unspecified atom stereocenters. The highest BCUT2D eigenvalue weighted by Crippen LogP contribution is 2.36. The second-order valence-corrected chi connectivity index (χ2v) is 8.08. The molecule has 0 N–H and O–H groups in total. The Morgan fingerprint density at radius 2 is 1.74 bits per heavy atom. The van der Waals surface area contributed by atoms with Crippen LogP contribution in [0.2, 0.25) is 0 Å². The molecule has 142 valence electrons. The molecule has 1 aromatic heterocycles. The van der Waals surface area contributed by atoms with Crippen LogP contribution in [0, 0.1) is 0 Å². The van der Waals surface area contributed by atoms with Crippen molar-refractivity contribution in [1.29, 1.82) is 0 Å². The lowest BCUT2D eigenvalue weighted by atomic mass is 9.75. The van der Waals surface area contributed by atoms with Crippen molar-refractivity contribution >= 4 is 12.2 Å². The zero-order valence-electron chi connectivity index (χ0n) is 16.4. The summed E-state index contributed by atoms with van der Waals surface area (Å²) < 4.78 is 5.53. The van der Waals surface area contributed by atoms with E-state index in [-0.39, 0.29) is 11.5 Å². The number of benzene rings is 1. The highest BCUT2D eigenvalue weighted by atomic mass is 16.6. The normalized spacial score (nSPS) is 17.1. The van der Waals surface area contributed by atoms with Crippen LogP contribution in [0.15, 0.2) is 60.8 Å². The van der Waals surface area contributed by atoms with Crippen molar-refractivity contribution in [2.75, 3.05) is 13.1 Å². The van der Waals surface area contributed by atoms with Gasteiger partial charge >= 0.3 is 6.09 Å². The number of nitrogens with zero attached hydrogens (tertiary/aromatic N) is 2. The van der Waals surface area contributed by atoms with E-state index in [0.29, 0.717) is 13.1 Å². The number of amides is 1. The van der Waals surface area contributed by atoms with Crippen LogP contribution in [0.5, 0.6) is 0 Å². The summed E-state index contributed by atoms with van der Waals surface area (Å²) in [7, 11) is 0. The van der Waals surface area contributed by atoms with Crippen LogP contribution in [0.4, 0.5) is 4.79 Å². The number of ether oxygens (including phenoxy) is 1. The SMILES string of the molecule is CC(C)(C)OC(=O)N1CCC(/C=C/c2ccccc2)(c2ccccn2)CC1. The Labute approximate surface area is 161 Å². The van der Waals surface area contributed by atoms with Crippen molar-refractivity contribution in [1.82, 2.24) is 9.88 Å². The monoisotopic (exact) mass is 364 g/mol. The van der Waals surface area contributed by atoms with Crippen LogP contribution in [0.3, 0.4) is 0 Å². The number of rotatable bonds is 3. The summed E-state index contributed by atoms with van der Waals surface area (Å²) in [6.45, 7) is 7.01. The third kappa shape index (κ3) is 4.97. The Balaban J connectivity index is 1.80. The zero-order chi connectivity index (χ0) is 19.3. The summed E-state index contributed by atoms with van der Waals surface area (Å²) in [6.07, 6.45) is 7.69. The second-order valence-electron chi connectivity index (χ2n) is 8.08. The van der Waals surface area contributed by atoms with E-state index in [1.165, 1.54) is 5.56 Å². The number of hydrogen-bond acceptors (Lipinski definition) is 3. The zero-order valence-corrected chi connectivity index (χ0v) is 16.4. The third-order valence-corrected chi connectivity index (χ3v) is 4.88. The van der Waals surface area contributed by atoms with Crippen LogP contribution in [0.25, 0.3) is 6.08 Å². The molecule has 1 aromatic carbocycles. The molecule has 1 saturated heterocycles. The van der Waals surface area contributed by atoms with E-state index in [1.807, 2.05) is 62.2 Å². The first-order chi connectivity index (χ1) is 12.9. The maximum absolute atomic E-state index is 12.4. The summed E-state index contributed by atoms with van der Waals surface area (Å²) in [5.74, 6) is 0. The number of allylic oxidation sites excluding steroid dienone is 1. The lowest BCUT2D eigenvalue weighted by molar-refractivity contribution is 0.0181. The number of carbonyl (C=O) groups excluding carboxylic acids is 1. The lowest BCUT2D eigenvalue weighted by Crippen LogP contribution is -2.46. The minimum Gasteiger partial charge on any atom is -0.444 e. The number of piperidine rings is 1. The second kappa shape index (κ2) is 7.95. The Morgan fingerprint density at radius 1 is 1.07 bits per heavy atom. The van der Waals surface area contributed by atoms with Crippen LogP contribution >= 0.6 is 0 Å². The average molecular weight is 364 g/mol. The van der Waals surface area contributed by atoms with Gasteiger partial charge in [0.15, 0.2) is 0 Å². The van der Waals surface area contributed by atoms with E-state index in [4.69, 9.17) is 4.74 Å². The first-order valence-corrected chi connectivity index (χ1v) is 9.52. The topological polar surface area (TPSA) is 42.4 Å². The van der Waals surface area contributed by atoms with Gasteiger partial charge in [-0.15, -0.1) is 0 Å². The predicted molar refractivity (Wildman–Crippen MR) is 108 cm³/mol.